The van der Waals surface area contributed by atoms with E-state index in [4.69, 9.17) is 4.74 Å². The normalized spacial score (nSPS) is 14.6. The van der Waals surface area contributed by atoms with Gasteiger partial charge in [0.05, 0.1) is 26.2 Å². The second-order valence-corrected chi connectivity index (χ2v) is 7.27. The molecule has 0 saturated carbocycles. The highest BCUT2D eigenvalue weighted by Crippen LogP contribution is 2.22. The van der Waals surface area contributed by atoms with Crippen LogP contribution in [0.25, 0.3) is 11.1 Å². The molecular formula is C22H28N3O3+. The van der Waals surface area contributed by atoms with E-state index < -0.39 is 0 Å². The van der Waals surface area contributed by atoms with E-state index in [9.17, 15) is 9.59 Å². The Morgan fingerprint density at radius 3 is 2.18 bits per heavy atom. The number of carbonyl (C=O) groups is 2. The molecule has 1 N–H and O–H groups in total. The summed E-state index contributed by atoms with van der Waals surface area (Å²) in [6.45, 7) is 3.42. The first-order valence-corrected chi connectivity index (χ1v) is 9.62. The zero-order valence-corrected chi connectivity index (χ0v) is 16.6. The van der Waals surface area contributed by atoms with E-state index >= 15 is 0 Å². The maximum atomic E-state index is 12.4. The third-order valence-corrected chi connectivity index (χ3v) is 5.05. The Labute approximate surface area is 166 Å². The monoisotopic (exact) mass is 382 g/mol. The summed E-state index contributed by atoms with van der Waals surface area (Å²) in [6.07, 6.45) is 0. The van der Waals surface area contributed by atoms with Gasteiger partial charge in [0.1, 0.15) is 5.75 Å². The van der Waals surface area contributed by atoms with Gasteiger partial charge in [-0.05, 0) is 23.3 Å². The number of ether oxygens (including phenoxy) is 1. The number of piperazine rings is 1. The van der Waals surface area contributed by atoms with Crippen LogP contribution in [0.5, 0.6) is 5.75 Å². The SMILES string of the molecule is CN(C)C(=O)C[NH+]1CCN(C(=O)COc2ccc(-c3ccccc3)cc2)CC1. The zero-order chi connectivity index (χ0) is 19.9. The summed E-state index contributed by atoms with van der Waals surface area (Å²) in [5, 5.41) is 0. The molecule has 0 aliphatic carbocycles. The van der Waals surface area contributed by atoms with Crippen LogP contribution in [0.15, 0.2) is 54.6 Å². The molecule has 6 heteroatoms. The molecule has 1 aliphatic rings. The van der Waals surface area contributed by atoms with Crippen molar-refractivity contribution in [3.63, 3.8) is 0 Å². The molecule has 148 valence electrons. The van der Waals surface area contributed by atoms with Crippen LogP contribution in [-0.4, -0.2) is 75.0 Å². The summed E-state index contributed by atoms with van der Waals surface area (Å²) in [5.41, 5.74) is 2.27. The molecule has 0 bridgehead atoms. The summed E-state index contributed by atoms with van der Waals surface area (Å²) in [5.74, 6) is 0.802. The van der Waals surface area contributed by atoms with Gasteiger partial charge in [0.25, 0.3) is 11.8 Å². The Kier molecular flexibility index (Phi) is 6.66. The molecule has 0 atom stereocenters. The van der Waals surface area contributed by atoms with E-state index in [2.05, 4.69) is 12.1 Å². The van der Waals surface area contributed by atoms with Gasteiger partial charge in [0, 0.05) is 14.1 Å². The van der Waals surface area contributed by atoms with Crippen molar-refractivity contribution in [1.29, 1.82) is 0 Å². The highest BCUT2D eigenvalue weighted by molar-refractivity contribution is 5.78. The molecule has 0 radical (unpaired) electrons. The van der Waals surface area contributed by atoms with E-state index in [1.54, 1.807) is 19.0 Å². The summed E-state index contributed by atoms with van der Waals surface area (Å²) in [6, 6.07) is 17.9. The number of likely N-dealkylation sites (N-methyl/N-ethyl adjacent to an activating group) is 1. The summed E-state index contributed by atoms with van der Waals surface area (Å²) in [7, 11) is 3.54. The quantitative estimate of drug-likeness (QED) is 0.794. The lowest BCUT2D eigenvalue weighted by molar-refractivity contribution is -0.896. The lowest BCUT2D eigenvalue weighted by Gasteiger charge is -2.32. The number of quaternary nitrogens is 1. The van der Waals surface area contributed by atoms with Crippen LogP contribution in [0.4, 0.5) is 0 Å². The van der Waals surface area contributed by atoms with Crippen molar-refractivity contribution in [3.05, 3.63) is 54.6 Å². The maximum absolute atomic E-state index is 12.4. The Bertz CT molecular complexity index is 782. The average Bonchev–Trinajstić information content (AvgIpc) is 2.73. The first-order chi connectivity index (χ1) is 13.5. The third-order valence-electron chi connectivity index (χ3n) is 5.05. The number of amides is 2. The van der Waals surface area contributed by atoms with E-state index in [-0.39, 0.29) is 18.4 Å². The average molecular weight is 382 g/mol. The lowest BCUT2D eigenvalue weighted by Crippen LogP contribution is -3.15. The number of hydrogen-bond acceptors (Lipinski definition) is 3. The Morgan fingerprint density at radius 2 is 1.57 bits per heavy atom. The second kappa shape index (κ2) is 9.37. The fourth-order valence-electron chi connectivity index (χ4n) is 3.23. The lowest BCUT2D eigenvalue weighted by atomic mass is 10.1. The third kappa shape index (κ3) is 5.33. The number of hydrogen-bond donors (Lipinski definition) is 1. The van der Waals surface area contributed by atoms with Gasteiger partial charge in [-0.1, -0.05) is 42.5 Å². The van der Waals surface area contributed by atoms with Crippen LogP contribution in [0.2, 0.25) is 0 Å². The van der Waals surface area contributed by atoms with E-state index in [1.807, 2.05) is 47.4 Å². The molecule has 0 spiro atoms. The molecule has 2 amide bonds. The number of nitrogens with zero attached hydrogens (tertiary/aromatic N) is 2. The second-order valence-electron chi connectivity index (χ2n) is 7.27. The predicted octanol–water partition coefficient (Wildman–Crippen LogP) is 0.548. The highest BCUT2D eigenvalue weighted by atomic mass is 16.5. The molecule has 2 aromatic carbocycles. The Hall–Kier alpha value is -2.86. The molecule has 0 unspecified atom stereocenters. The van der Waals surface area contributed by atoms with Crippen LogP contribution in [0, 0.1) is 0 Å². The largest absolute Gasteiger partial charge is 0.484 e. The minimum absolute atomic E-state index is 0.00915. The van der Waals surface area contributed by atoms with Crippen molar-refractivity contribution in [1.82, 2.24) is 9.80 Å². The number of nitrogens with one attached hydrogen (secondary N) is 1. The van der Waals surface area contributed by atoms with Crippen LogP contribution < -0.4 is 9.64 Å². The fourth-order valence-corrected chi connectivity index (χ4v) is 3.23. The predicted molar refractivity (Wildman–Crippen MR) is 108 cm³/mol. The standard InChI is InChI=1S/C22H27N3O3/c1-23(2)21(26)16-24-12-14-25(15-13-24)22(27)17-28-20-10-8-19(9-11-20)18-6-4-3-5-7-18/h3-11H,12-17H2,1-2H3/p+1. The Morgan fingerprint density at radius 1 is 0.964 bits per heavy atom. The smallest absolute Gasteiger partial charge is 0.277 e. The van der Waals surface area contributed by atoms with Crippen molar-refractivity contribution in [2.24, 2.45) is 0 Å². The van der Waals surface area contributed by atoms with Gasteiger partial charge in [-0.15, -0.1) is 0 Å². The minimum atomic E-state index is -0.00915. The molecule has 6 nitrogen and oxygen atoms in total. The number of benzene rings is 2. The molecule has 1 aliphatic heterocycles. The van der Waals surface area contributed by atoms with Gasteiger partial charge in [0.2, 0.25) is 0 Å². The van der Waals surface area contributed by atoms with Gasteiger partial charge in [-0.25, -0.2) is 0 Å². The van der Waals surface area contributed by atoms with Crippen molar-refractivity contribution in [2.45, 2.75) is 0 Å². The van der Waals surface area contributed by atoms with Crippen molar-refractivity contribution < 1.29 is 19.2 Å². The van der Waals surface area contributed by atoms with Crippen molar-refractivity contribution in [3.8, 4) is 16.9 Å². The van der Waals surface area contributed by atoms with Gasteiger partial charge in [0.15, 0.2) is 13.2 Å². The first-order valence-electron chi connectivity index (χ1n) is 9.62. The van der Waals surface area contributed by atoms with Gasteiger partial charge < -0.3 is 19.4 Å². The van der Waals surface area contributed by atoms with Crippen LogP contribution in [0.1, 0.15) is 0 Å². The van der Waals surface area contributed by atoms with Gasteiger partial charge in [-0.2, -0.15) is 0 Å². The first kappa shape index (κ1) is 19.9. The van der Waals surface area contributed by atoms with Crippen LogP contribution in [0.3, 0.4) is 0 Å². The van der Waals surface area contributed by atoms with Crippen molar-refractivity contribution in [2.75, 3.05) is 53.4 Å². The molecule has 0 aromatic heterocycles. The van der Waals surface area contributed by atoms with E-state index in [0.29, 0.717) is 25.4 Å². The minimum Gasteiger partial charge on any atom is -0.484 e. The maximum Gasteiger partial charge on any atom is 0.277 e. The molecule has 28 heavy (non-hydrogen) atoms. The summed E-state index contributed by atoms with van der Waals surface area (Å²) in [4.78, 5) is 28.9. The van der Waals surface area contributed by atoms with Crippen molar-refractivity contribution >= 4 is 11.8 Å². The Balaban J connectivity index is 1.44. The van der Waals surface area contributed by atoms with Gasteiger partial charge in [-0.3, -0.25) is 9.59 Å². The summed E-state index contributed by atoms with van der Waals surface area (Å²) < 4.78 is 5.68. The molecule has 3 rings (SSSR count). The highest BCUT2D eigenvalue weighted by Gasteiger charge is 2.25. The molecule has 2 aromatic rings. The molecule has 1 fully saturated rings. The molecule has 1 saturated heterocycles. The fraction of sp³-hybridized carbons (Fsp3) is 0.364. The van der Waals surface area contributed by atoms with Crippen LogP contribution >= 0.6 is 0 Å². The topological polar surface area (TPSA) is 54.3 Å². The summed E-state index contributed by atoms with van der Waals surface area (Å²) >= 11 is 0. The van der Waals surface area contributed by atoms with E-state index in [1.165, 1.54) is 4.90 Å². The van der Waals surface area contributed by atoms with E-state index in [0.717, 1.165) is 24.2 Å². The van der Waals surface area contributed by atoms with Gasteiger partial charge >= 0.3 is 0 Å². The molecular weight excluding hydrogens is 354 g/mol. The zero-order valence-electron chi connectivity index (χ0n) is 16.6. The van der Waals surface area contributed by atoms with Crippen LogP contribution in [-0.2, 0) is 9.59 Å². The molecule has 1 heterocycles. The number of rotatable bonds is 6. The number of carbonyl (C=O) groups excluding carboxylic acids is 2.